The summed E-state index contributed by atoms with van der Waals surface area (Å²) in [7, 11) is 5.57. The van der Waals surface area contributed by atoms with Gasteiger partial charge in [0.25, 0.3) is 0 Å². The van der Waals surface area contributed by atoms with Gasteiger partial charge in [-0.15, -0.1) is 17.0 Å². The molecule has 0 heterocycles. The number of nitrogens with zero attached hydrogens (tertiary/aromatic N) is 1. The fourth-order valence-corrected chi connectivity index (χ4v) is 1.73. The van der Waals surface area contributed by atoms with Gasteiger partial charge in [-0.25, -0.2) is 0 Å². The lowest BCUT2D eigenvalue weighted by Gasteiger charge is -2.13. The molecule has 0 aliphatic carbocycles. The number of hydrogen-bond acceptors (Lipinski definition) is 3. The first-order chi connectivity index (χ1) is 8.52. The van der Waals surface area contributed by atoms with E-state index < -0.39 is 0 Å². The van der Waals surface area contributed by atoms with Crippen LogP contribution >= 0.6 is 17.0 Å². The zero-order chi connectivity index (χ0) is 13.5. The van der Waals surface area contributed by atoms with Crippen LogP contribution < -0.4 is 4.74 Å². The van der Waals surface area contributed by atoms with Gasteiger partial charge in [-0.1, -0.05) is 25.1 Å². The number of halogens is 1. The summed E-state index contributed by atoms with van der Waals surface area (Å²) < 4.78 is 5.14. The fourth-order valence-electron chi connectivity index (χ4n) is 1.73. The number of carbonyl (C=O) groups is 1. The molecule has 0 aromatic heterocycles. The summed E-state index contributed by atoms with van der Waals surface area (Å²) in [5, 5.41) is 0. The second-order valence-corrected chi connectivity index (χ2v) is 4.68. The molecular weight excluding hydrogens is 306 g/mol. The van der Waals surface area contributed by atoms with Gasteiger partial charge in [-0.3, -0.25) is 4.79 Å². The van der Waals surface area contributed by atoms with Crippen molar-refractivity contribution >= 4 is 28.8 Å². The third-order valence-corrected chi connectivity index (χ3v) is 2.66. The van der Waals surface area contributed by atoms with E-state index in [1.807, 2.05) is 56.3 Å². The minimum Gasteiger partial charge on any atom is -0.497 e. The van der Waals surface area contributed by atoms with Crippen LogP contribution in [0.5, 0.6) is 5.75 Å². The van der Waals surface area contributed by atoms with E-state index in [1.54, 1.807) is 13.2 Å². The maximum atomic E-state index is 11.9. The van der Waals surface area contributed by atoms with Crippen LogP contribution in [0.4, 0.5) is 0 Å². The Morgan fingerprint density at radius 3 is 2.68 bits per heavy atom. The van der Waals surface area contributed by atoms with Crippen LogP contribution in [-0.2, 0) is 4.79 Å². The second kappa shape index (κ2) is 8.88. The zero-order valence-electron chi connectivity index (χ0n) is 11.9. The van der Waals surface area contributed by atoms with Crippen molar-refractivity contribution in [2.45, 2.75) is 6.92 Å². The molecular formula is C15H22BrNO2. The lowest BCUT2D eigenvalue weighted by Crippen LogP contribution is -2.24. The lowest BCUT2D eigenvalue weighted by atomic mass is 10.0. The summed E-state index contributed by atoms with van der Waals surface area (Å²) in [6.45, 7) is 2.71. The molecule has 19 heavy (non-hydrogen) atoms. The minimum absolute atomic E-state index is 0. The molecule has 4 heteroatoms. The van der Waals surface area contributed by atoms with Gasteiger partial charge in [0, 0.05) is 12.5 Å². The Morgan fingerprint density at radius 2 is 2.11 bits per heavy atom. The third-order valence-electron chi connectivity index (χ3n) is 2.66. The summed E-state index contributed by atoms with van der Waals surface area (Å²) in [6.07, 6.45) is 3.47. The molecule has 0 aliphatic rings. The van der Waals surface area contributed by atoms with E-state index in [2.05, 4.69) is 0 Å². The molecule has 0 fully saturated rings. The Labute approximate surface area is 126 Å². The highest BCUT2D eigenvalue weighted by Gasteiger charge is 2.10. The molecule has 0 bridgehead atoms. The smallest absolute Gasteiger partial charge is 0.159 e. The predicted molar refractivity (Wildman–Crippen MR) is 85.1 cm³/mol. The SMILES string of the molecule is Br.COc1cccc(/C=C/C(=O)C(C)CN(C)C)c1. The van der Waals surface area contributed by atoms with Gasteiger partial charge in [-0.05, 0) is 37.9 Å². The largest absolute Gasteiger partial charge is 0.497 e. The summed E-state index contributed by atoms with van der Waals surface area (Å²) in [4.78, 5) is 13.9. The topological polar surface area (TPSA) is 29.5 Å². The Kier molecular flexibility index (Phi) is 8.35. The van der Waals surface area contributed by atoms with Crippen molar-refractivity contribution in [2.75, 3.05) is 27.7 Å². The fraction of sp³-hybridized carbons (Fsp3) is 0.400. The number of rotatable bonds is 6. The molecule has 0 saturated carbocycles. The van der Waals surface area contributed by atoms with E-state index in [-0.39, 0.29) is 28.7 Å². The van der Waals surface area contributed by atoms with Gasteiger partial charge in [0.05, 0.1) is 7.11 Å². The molecule has 0 radical (unpaired) electrons. The highest BCUT2D eigenvalue weighted by Crippen LogP contribution is 2.14. The summed E-state index contributed by atoms with van der Waals surface area (Å²) in [6, 6.07) is 7.64. The number of ketones is 1. The summed E-state index contributed by atoms with van der Waals surface area (Å²) >= 11 is 0. The first kappa shape index (κ1) is 17.9. The standard InChI is InChI=1S/C15H21NO2.BrH/c1-12(11-16(2)3)15(17)9-8-13-6-5-7-14(10-13)18-4;/h5-10,12H,11H2,1-4H3;1H/b9-8+;. The Morgan fingerprint density at radius 1 is 1.42 bits per heavy atom. The van der Waals surface area contributed by atoms with E-state index in [9.17, 15) is 4.79 Å². The molecule has 0 amide bonds. The monoisotopic (exact) mass is 327 g/mol. The van der Waals surface area contributed by atoms with E-state index >= 15 is 0 Å². The number of carbonyl (C=O) groups excluding carboxylic acids is 1. The molecule has 1 aromatic carbocycles. The van der Waals surface area contributed by atoms with Crippen molar-refractivity contribution in [2.24, 2.45) is 5.92 Å². The third kappa shape index (κ3) is 6.55. The van der Waals surface area contributed by atoms with Gasteiger partial charge in [0.15, 0.2) is 5.78 Å². The van der Waals surface area contributed by atoms with Crippen molar-refractivity contribution in [3.05, 3.63) is 35.9 Å². The molecule has 1 aromatic rings. The van der Waals surface area contributed by atoms with Gasteiger partial charge in [0.1, 0.15) is 5.75 Å². The second-order valence-electron chi connectivity index (χ2n) is 4.68. The normalized spacial score (nSPS) is 12.3. The number of hydrogen-bond donors (Lipinski definition) is 0. The summed E-state index contributed by atoms with van der Waals surface area (Å²) in [5.74, 6) is 0.958. The number of allylic oxidation sites excluding steroid dienone is 1. The van der Waals surface area contributed by atoms with E-state index in [0.717, 1.165) is 17.9 Å². The van der Waals surface area contributed by atoms with Crippen LogP contribution in [-0.4, -0.2) is 38.4 Å². The average molecular weight is 328 g/mol. The highest BCUT2D eigenvalue weighted by atomic mass is 79.9. The van der Waals surface area contributed by atoms with Crippen LogP contribution in [0.15, 0.2) is 30.3 Å². The average Bonchev–Trinajstić information content (AvgIpc) is 2.35. The Balaban J connectivity index is 0.00000324. The number of methoxy groups -OCH3 is 1. The summed E-state index contributed by atoms with van der Waals surface area (Å²) in [5.41, 5.74) is 0.972. The number of ether oxygens (including phenoxy) is 1. The van der Waals surface area contributed by atoms with Crippen LogP contribution in [0, 0.1) is 5.92 Å². The van der Waals surface area contributed by atoms with Gasteiger partial charge < -0.3 is 9.64 Å². The molecule has 0 saturated heterocycles. The molecule has 1 unspecified atom stereocenters. The molecule has 0 spiro atoms. The van der Waals surface area contributed by atoms with Crippen molar-refractivity contribution in [1.29, 1.82) is 0 Å². The minimum atomic E-state index is 0. The van der Waals surface area contributed by atoms with Crippen LogP contribution in [0.3, 0.4) is 0 Å². The molecule has 0 aliphatic heterocycles. The predicted octanol–water partition coefficient (Wildman–Crippen LogP) is 3.05. The van der Waals surface area contributed by atoms with Crippen molar-refractivity contribution in [3.63, 3.8) is 0 Å². The molecule has 3 nitrogen and oxygen atoms in total. The maximum Gasteiger partial charge on any atom is 0.159 e. The molecule has 0 N–H and O–H groups in total. The molecule has 106 valence electrons. The van der Waals surface area contributed by atoms with Gasteiger partial charge >= 0.3 is 0 Å². The van der Waals surface area contributed by atoms with Gasteiger partial charge in [-0.2, -0.15) is 0 Å². The Bertz CT molecular complexity index is 430. The van der Waals surface area contributed by atoms with Gasteiger partial charge in [0.2, 0.25) is 0 Å². The quantitative estimate of drug-likeness (QED) is 0.752. The van der Waals surface area contributed by atoms with E-state index in [4.69, 9.17) is 4.74 Å². The van der Waals surface area contributed by atoms with Crippen molar-refractivity contribution in [3.8, 4) is 5.75 Å². The number of benzene rings is 1. The lowest BCUT2D eigenvalue weighted by molar-refractivity contribution is -0.118. The van der Waals surface area contributed by atoms with E-state index in [0.29, 0.717) is 0 Å². The van der Waals surface area contributed by atoms with Crippen LogP contribution in [0.25, 0.3) is 6.08 Å². The van der Waals surface area contributed by atoms with E-state index in [1.165, 1.54) is 0 Å². The molecule has 1 atom stereocenters. The Hall–Kier alpha value is -1.13. The zero-order valence-corrected chi connectivity index (χ0v) is 13.6. The van der Waals surface area contributed by atoms with Crippen LogP contribution in [0.1, 0.15) is 12.5 Å². The first-order valence-electron chi connectivity index (χ1n) is 6.03. The van der Waals surface area contributed by atoms with Crippen molar-refractivity contribution < 1.29 is 9.53 Å². The van der Waals surface area contributed by atoms with Crippen LogP contribution in [0.2, 0.25) is 0 Å². The highest BCUT2D eigenvalue weighted by molar-refractivity contribution is 8.93. The maximum absolute atomic E-state index is 11.9. The van der Waals surface area contributed by atoms with Crippen molar-refractivity contribution in [1.82, 2.24) is 4.90 Å². The first-order valence-corrected chi connectivity index (χ1v) is 6.03. The molecule has 1 rings (SSSR count).